The molecule has 2 rings (SSSR count). The first-order valence-corrected chi connectivity index (χ1v) is 5.15. The first kappa shape index (κ1) is 12.4. The van der Waals surface area contributed by atoms with Crippen molar-refractivity contribution in [3.05, 3.63) is 56.6 Å². The first-order valence-electron chi connectivity index (χ1n) is 5.15. The largest absolute Gasteiger partial charge is 0.384 e. The maximum Gasteiger partial charge on any atom is 0.295 e. The standard InChI is InChI=1S/C11H8N4O4/c12-10-5-4-9(15(18)19)11(13-10)7-2-1-3-8(6-7)14(16)17/h1-6H,(H2,12,13). The van der Waals surface area contributed by atoms with Crippen molar-refractivity contribution >= 4 is 17.2 Å². The van der Waals surface area contributed by atoms with Crippen LogP contribution in [0.2, 0.25) is 0 Å². The Balaban J connectivity index is 2.64. The summed E-state index contributed by atoms with van der Waals surface area (Å²) in [5.74, 6) is 0.104. The van der Waals surface area contributed by atoms with Gasteiger partial charge < -0.3 is 5.73 Å². The molecule has 8 nitrogen and oxygen atoms in total. The number of nitrogen functional groups attached to an aromatic ring is 1. The Morgan fingerprint density at radius 2 is 1.79 bits per heavy atom. The quantitative estimate of drug-likeness (QED) is 0.665. The summed E-state index contributed by atoms with van der Waals surface area (Å²) in [5.41, 5.74) is 5.35. The number of rotatable bonds is 3. The topological polar surface area (TPSA) is 125 Å². The third-order valence-electron chi connectivity index (χ3n) is 2.42. The minimum absolute atomic E-state index is 0.00806. The van der Waals surface area contributed by atoms with Crippen LogP contribution >= 0.6 is 0 Å². The molecule has 0 radical (unpaired) electrons. The van der Waals surface area contributed by atoms with E-state index in [9.17, 15) is 20.2 Å². The second kappa shape index (κ2) is 4.69. The number of hydrogen-bond acceptors (Lipinski definition) is 6. The average Bonchev–Trinajstić information content (AvgIpc) is 2.38. The van der Waals surface area contributed by atoms with Crippen LogP contribution in [0.1, 0.15) is 0 Å². The van der Waals surface area contributed by atoms with Crippen LogP contribution in [-0.2, 0) is 0 Å². The zero-order chi connectivity index (χ0) is 14.0. The minimum atomic E-state index is -0.611. The molecule has 0 atom stereocenters. The number of nitro groups is 2. The summed E-state index contributed by atoms with van der Waals surface area (Å²) in [5, 5.41) is 21.6. The van der Waals surface area contributed by atoms with E-state index >= 15 is 0 Å². The molecule has 0 spiro atoms. The van der Waals surface area contributed by atoms with E-state index in [0.717, 1.165) is 0 Å². The van der Waals surface area contributed by atoms with Crippen LogP contribution in [0.3, 0.4) is 0 Å². The van der Waals surface area contributed by atoms with Crippen molar-refractivity contribution in [1.82, 2.24) is 4.98 Å². The van der Waals surface area contributed by atoms with Crippen LogP contribution in [0.4, 0.5) is 17.2 Å². The van der Waals surface area contributed by atoms with Crippen molar-refractivity contribution < 1.29 is 9.85 Å². The van der Waals surface area contributed by atoms with E-state index in [1.54, 1.807) is 0 Å². The van der Waals surface area contributed by atoms with E-state index in [-0.39, 0.29) is 28.5 Å². The lowest BCUT2D eigenvalue weighted by Gasteiger charge is -2.03. The lowest BCUT2D eigenvalue weighted by molar-refractivity contribution is -0.385. The zero-order valence-corrected chi connectivity index (χ0v) is 9.52. The molecular weight excluding hydrogens is 252 g/mol. The number of benzene rings is 1. The summed E-state index contributed by atoms with van der Waals surface area (Å²) < 4.78 is 0. The predicted octanol–water partition coefficient (Wildman–Crippen LogP) is 2.15. The molecule has 1 aromatic carbocycles. The van der Waals surface area contributed by atoms with Crippen LogP contribution in [0.5, 0.6) is 0 Å². The molecular formula is C11H8N4O4. The zero-order valence-electron chi connectivity index (χ0n) is 9.52. The molecule has 0 bridgehead atoms. The van der Waals surface area contributed by atoms with Gasteiger partial charge in [0.15, 0.2) is 5.69 Å². The number of nitrogens with two attached hydrogens (primary N) is 1. The fourth-order valence-electron chi connectivity index (χ4n) is 1.59. The van der Waals surface area contributed by atoms with Crippen LogP contribution in [0.15, 0.2) is 36.4 Å². The van der Waals surface area contributed by atoms with Gasteiger partial charge >= 0.3 is 0 Å². The van der Waals surface area contributed by atoms with Crippen LogP contribution in [0, 0.1) is 20.2 Å². The lowest BCUT2D eigenvalue weighted by Crippen LogP contribution is -1.98. The van der Waals surface area contributed by atoms with Crippen molar-refractivity contribution in [1.29, 1.82) is 0 Å². The number of pyridine rings is 1. The highest BCUT2D eigenvalue weighted by Gasteiger charge is 2.19. The summed E-state index contributed by atoms with van der Waals surface area (Å²) in [6, 6.07) is 7.97. The monoisotopic (exact) mass is 260 g/mol. The molecule has 2 aromatic rings. The van der Waals surface area contributed by atoms with Crippen molar-refractivity contribution in [3.8, 4) is 11.3 Å². The van der Waals surface area contributed by atoms with Crippen LogP contribution in [0.25, 0.3) is 11.3 Å². The molecule has 0 aliphatic rings. The lowest BCUT2D eigenvalue weighted by atomic mass is 10.1. The Morgan fingerprint density at radius 1 is 1.05 bits per heavy atom. The second-order valence-corrected chi connectivity index (χ2v) is 3.67. The molecule has 0 saturated carbocycles. The molecule has 0 aliphatic carbocycles. The van der Waals surface area contributed by atoms with Crippen LogP contribution in [-0.4, -0.2) is 14.8 Å². The molecule has 0 unspecified atom stereocenters. The highest BCUT2D eigenvalue weighted by atomic mass is 16.6. The number of nitro benzene ring substituents is 1. The summed E-state index contributed by atoms with van der Waals surface area (Å²) >= 11 is 0. The van der Waals surface area contributed by atoms with Crippen LogP contribution < -0.4 is 5.73 Å². The SMILES string of the molecule is Nc1ccc([N+](=O)[O-])c(-c2cccc([N+](=O)[O-])c2)n1. The summed E-state index contributed by atoms with van der Waals surface area (Å²) in [4.78, 5) is 24.3. The Hall–Kier alpha value is -3.03. The fourth-order valence-corrected chi connectivity index (χ4v) is 1.59. The van der Waals surface area contributed by atoms with Crippen molar-refractivity contribution in [2.45, 2.75) is 0 Å². The van der Waals surface area contributed by atoms with E-state index < -0.39 is 9.85 Å². The fraction of sp³-hybridized carbons (Fsp3) is 0. The third kappa shape index (κ3) is 2.46. The molecule has 1 aromatic heterocycles. The van der Waals surface area contributed by atoms with Gasteiger partial charge in [0.1, 0.15) is 5.82 Å². The number of aromatic nitrogens is 1. The smallest absolute Gasteiger partial charge is 0.295 e. The highest BCUT2D eigenvalue weighted by Crippen LogP contribution is 2.30. The molecule has 0 fully saturated rings. The van der Waals surface area contributed by atoms with Gasteiger partial charge in [0.25, 0.3) is 11.4 Å². The van der Waals surface area contributed by atoms with E-state index in [1.807, 2.05) is 0 Å². The Labute approximate surface area is 106 Å². The molecule has 8 heteroatoms. The molecule has 19 heavy (non-hydrogen) atoms. The van der Waals surface area contributed by atoms with E-state index in [0.29, 0.717) is 0 Å². The molecule has 2 N–H and O–H groups in total. The molecule has 1 heterocycles. The van der Waals surface area contributed by atoms with Crippen molar-refractivity contribution in [3.63, 3.8) is 0 Å². The maximum atomic E-state index is 10.9. The second-order valence-electron chi connectivity index (χ2n) is 3.67. The van der Waals surface area contributed by atoms with Gasteiger partial charge in [-0.05, 0) is 6.07 Å². The molecule has 96 valence electrons. The van der Waals surface area contributed by atoms with E-state index in [4.69, 9.17) is 5.73 Å². The highest BCUT2D eigenvalue weighted by molar-refractivity contribution is 5.72. The summed E-state index contributed by atoms with van der Waals surface area (Å²) in [6.07, 6.45) is 0. The third-order valence-corrected chi connectivity index (χ3v) is 2.42. The molecule has 0 aliphatic heterocycles. The average molecular weight is 260 g/mol. The van der Waals surface area contributed by atoms with E-state index in [1.165, 1.54) is 36.4 Å². The van der Waals surface area contributed by atoms with Gasteiger partial charge in [0.2, 0.25) is 0 Å². The first-order chi connectivity index (χ1) is 8.99. The number of anilines is 1. The van der Waals surface area contributed by atoms with Gasteiger partial charge in [-0.2, -0.15) is 0 Å². The Kier molecular flexibility index (Phi) is 3.06. The van der Waals surface area contributed by atoms with Gasteiger partial charge in [-0.3, -0.25) is 20.2 Å². The normalized spacial score (nSPS) is 10.1. The number of nitrogens with zero attached hydrogens (tertiary/aromatic N) is 3. The predicted molar refractivity (Wildman–Crippen MR) is 67.4 cm³/mol. The van der Waals surface area contributed by atoms with Gasteiger partial charge in [-0.1, -0.05) is 12.1 Å². The van der Waals surface area contributed by atoms with Gasteiger partial charge in [0, 0.05) is 23.8 Å². The van der Waals surface area contributed by atoms with Gasteiger partial charge in [-0.25, -0.2) is 4.98 Å². The summed E-state index contributed by atoms with van der Waals surface area (Å²) in [6.45, 7) is 0. The minimum Gasteiger partial charge on any atom is -0.384 e. The van der Waals surface area contributed by atoms with E-state index in [2.05, 4.69) is 4.98 Å². The van der Waals surface area contributed by atoms with Crippen molar-refractivity contribution in [2.24, 2.45) is 0 Å². The molecule has 0 amide bonds. The Morgan fingerprint density at radius 3 is 2.42 bits per heavy atom. The summed E-state index contributed by atoms with van der Waals surface area (Å²) in [7, 11) is 0. The molecule has 0 saturated heterocycles. The van der Waals surface area contributed by atoms with Gasteiger partial charge in [-0.15, -0.1) is 0 Å². The number of non-ortho nitro benzene ring substituents is 1. The maximum absolute atomic E-state index is 10.9. The number of hydrogen-bond donors (Lipinski definition) is 1. The Bertz CT molecular complexity index is 671. The van der Waals surface area contributed by atoms with Crippen molar-refractivity contribution in [2.75, 3.05) is 5.73 Å². The van der Waals surface area contributed by atoms with Gasteiger partial charge in [0.05, 0.1) is 9.85 Å².